The van der Waals surface area contributed by atoms with Gasteiger partial charge >= 0.3 is 11.9 Å². The van der Waals surface area contributed by atoms with Gasteiger partial charge in [-0.15, -0.1) is 0 Å². The molecule has 2 unspecified atom stereocenters. The predicted octanol–water partition coefficient (Wildman–Crippen LogP) is 8.45. The maximum atomic E-state index is 14.4. The summed E-state index contributed by atoms with van der Waals surface area (Å²) in [6.07, 6.45) is 2.38. The van der Waals surface area contributed by atoms with E-state index in [1.54, 1.807) is 113 Å². The molecule has 0 saturated carbocycles. The number of fused-ring (bicyclic) bond motifs is 1. The molecule has 4 aromatic rings. The molecule has 0 bridgehead atoms. The Morgan fingerprint density at radius 3 is 2.29 bits per heavy atom. The minimum absolute atomic E-state index is 0.0206. The Morgan fingerprint density at radius 2 is 1.62 bits per heavy atom. The van der Waals surface area contributed by atoms with Crippen molar-refractivity contribution in [1.29, 1.82) is 0 Å². The number of ether oxygens (including phenoxy) is 3. The van der Waals surface area contributed by atoms with Gasteiger partial charge in [-0.1, -0.05) is 65.7 Å². The van der Waals surface area contributed by atoms with Crippen LogP contribution in [-0.4, -0.2) is 63.8 Å². The number of aliphatic carboxylic acids is 1. The summed E-state index contributed by atoms with van der Waals surface area (Å²) in [6, 6.07) is 21.6. The molecule has 5 rings (SSSR count). The summed E-state index contributed by atoms with van der Waals surface area (Å²) in [5.41, 5.74) is -0.0316. The number of halogens is 2. The van der Waals surface area contributed by atoms with E-state index in [1.165, 1.54) is 4.90 Å². The number of aliphatic hydroxyl groups is 1. The van der Waals surface area contributed by atoms with Crippen molar-refractivity contribution in [3.8, 4) is 11.5 Å². The van der Waals surface area contributed by atoms with Gasteiger partial charge in [0.05, 0.1) is 12.0 Å². The summed E-state index contributed by atoms with van der Waals surface area (Å²) in [5.74, 6) is -4.37. The maximum absolute atomic E-state index is 14.4. The molecular weight excluding hydrogens is 751 g/mol. The maximum Gasteiger partial charge on any atom is 0.339 e. The number of carbonyl (C=O) groups is 4. The Kier molecular flexibility index (Phi) is 13.0. The number of carbonyl (C=O) groups excluding carboxylic acids is 3. The summed E-state index contributed by atoms with van der Waals surface area (Å²) in [7, 11) is 0. The molecule has 0 aliphatic carbocycles. The number of amides is 2. The van der Waals surface area contributed by atoms with Crippen LogP contribution in [0.3, 0.4) is 0 Å². The minimum Gasteiger partial charge on any atom is -0.503 e. The molecule has 2 heterocycles. The lowest BCUT2D eigenvalue weighted by atomic mass is 9.87. The Labute approximate surface area is 327 Å². The van der Waals surface area contributed by atoms with Crippen molar-refractivity contribution in [2.75, 3.05) is 18.7 Å². The lowest BCUT2D eigenvalue weighted by Gasteiger charge is -2.34. The standard InChI is InChI=1S/C41H40Cl2N2O10/c1-24(29(25-15-17-33-35(20-25)53-23-52-33)21-27-16-18-34(54-27)38(49)44-26-10-6-5-7-11-26)45(19-9-12-28-31(42)13-8-14-32(28)43)39(50)37(48)30(22-36(46)47)40(51)55-41(2,3)4/h5-18,20,24,29,48H,19,21-23H2,1-4H3,(H,44,49)(H,46,47). The fourth-order valence-electron chi connectivity index (χ4n) is 5.87. The number of hydrogen-bond donors (Lipinski definition) is 3. The molecule has 14 heteroatoms. The van der Waals surface area contributed by atoms with Crippen molar-refractivity contribution in [1.82, 2.24) is 4.90 Å². The number of rotatable bonds is 14. The second-order valence-corrected chi connectivity index (χ2v) is 14.5. The second kappa shape index (κ2) is 17.6. The van der Waals surface area contributed by atoms with E-state index in [4.69, 9.17) is 41.8 Å². The van der Waals surface area contributed by atoms with Crippen LogP contribution in [0.4, 0.5) is 5.69 Å². The van der Waals surface area contributed by atoms with Crippen LogP contribution in [0.5, 0.6) is 11.5 Å². The SMILES string of the molecule is CC(C(Cc1ccc(C(=O)Nc2ccccc2)o1)c1ccc2c(c1)OCO2)N(CC=Cc1c(Cl)cccc1Cl)C(=O)C(O)=C(CC(=O)O)C(=O)OC(C)(C)C. The van der Waals surface area contributed by atoms with Crippen LogP contribution in [0.25, 0.3) is 6.08 Å². The first-order valence-electron chi connectivity index (χ1n) is 17.2. The second-order valence-electron chi connectivity index (χ2n) is 13.6. The molecular formula is C41H40Cl2N2O10. The molecule has 55 heavy (non-hydrogen) atoms. The summed E-state index contributed by atoms with van der Waals surface area (Å²) in [4.78, 5) is 53.8. The van der Waals surface area contributed by atoms with Crippen molar-refractivity contribution in [3.05, 3.63) is 129 Å². The third kappa shape index (κ3) is 10.5. The third-order valence-electron chi connectivity index (χ3n) is 8.55. The first-order chi connectivity index (χ1) is 26.1. The number of carboxylic acids is 1. The molecule has 1 aromatic heterocycles. The Bertz CT molecular complexity index is 2100. The molecule has 2 atom stereocenters. The molecule has 0 fully saturated rings. The molecule has 0 radical (unpaired) electrons. The molecule has 0 saturated heterocycles. The normalized spacial score (nSPS) is 13.9. The number of furan rings is 1. The number of hydrogen-bond acceptors (Lipinski definition) is 9. The van der Waals surface area contributed by atoms with Crippen LogP contribution < -0.4 is 14.8 Å². The minimum atomic E-state index is -1.46. The van der Waals surface area contributed by atoms with E-state index in [0.717, 1.165) is 0 Å². The Morgan fingerprint density at radius 1 is 0.927 bits per heavy atom. The van der Waals surface area contributed by atoms with Gasteiger partial charge in [0, 0.05) is 46.2 Å². The van der Waals surface area contributed by atoms with Gasteiger partial charge < -0.3 is 39.1 Å². The topological polar surface area (TPSA) is 165 Å². The first-order valence-corrected chi connectivity index (χ1v) is 18.0. The number of benzene rings is 3. The van der Waals surface area contributed by atoms with E-state index in [1.807, 2.05) is 6.07 Å². The third-order valence-corrected chi connectivity index (χ3v) is 9.20. The average Bonchev–Trinajstić information content (AvgIpc) is 3.81. The van der Waals surface area contributed by atoms with Crippen LogP contribution >= 0.6 is 23.2 Å². The van der Waals surface area contributed by atoms with Crippen LogP contribution in [0.2, 0.25) is 10.0 Å². The molecule has 1 aliphatic heterocycles. The van der Waals surface area contributed by atoms with E-state index in [9.17, 15) is 29.4 Å². The molecule has 3 N–H and O–H groups in total. The molecule has 12 nitrogen and oxygen atoms in total. The Hall–Kier alpha value is -5.72. The quantitative estimate of drug-likeness (QED) is 0.0641. The van der Waals surface area contributed by atoms with Gasteiger partial charge in [-0.25, -0.2) is 4.79 Å². The average molecular weight is 792 g/mol. The summed E-state index contributed by atoms with van der Waals surface area (Å²) < 4.78 is 22.6. The monoisotopic (exact) mass is 790 g/mol. The highest BCUT2D eigenvalue weighted by atomic mass is 35.5. The van der Waals surface area contributed by atoms with Gasteiger partial charge in [-0.05, 0) is 81.8 Å². The van der Waals surface area contributed by atoms with Crippen LogP contribution in [0.15, 0.2) is 101 Å². The highest BCUT2D eigenvalue weighted by Crippen LogP contribution is 2.38. The molecule has 2 amide bonds. The van der Waals surface area contributed by atoms with Gasteiger partial charge in [0.25, 0.3) is 11.8 Å². The highest BCUT2D eigenvalue weighted by molar-refractivity contribution is 6.37. The van der Waals surface area contributed by atoms with E-state index in [0.29, 0.717) is 44.1 Å². The van der Waals surface area contributed by atoms with Crippen LogP contribution in [0.1, 0.15) is 67.5 Å². The predicted molar refractivity (Wildman–Crippen MR) is 207 cm³/mol. The van der Waals surface area contributed by atoms with Crippen molar-refractivity contribution >= 4 is 58.7 Å². The fraction of sp³-hybridized carbons (Fsp3) is 0.268. The van der Waals surface area contributed by atoms with E-state index >= 15 is 0 Å². The highest BCUT2D eigenvalue weighted by Gasteiger charge is 2.35. The molecule has 1 aliphatic rings. The lowest BCUT2D eigenvalue weighted by Crippen LogP contribution is -2.44. The van der Waals surface area contributed by atoms with Gasteiger partial charge in [0.1, 0.15) is 11.4 Å². The number of para-hydroxylation sites is 1. The summed E-state index contributed by atoms with van der Waals surface area (Å²) in [5, 5.41) is 24.6. The van der Waals surface area contributed by atoms with E-state index in [2.05, 4.69) is 5.32 Å². The van der Waals surface area contributed by atoms with Gasteiger partial charge in [0.15, 0.2) is 23.0 Å². The first kappa shape index (κ1) is 40.5. The van der Waals surface area contributed by atoms with Crippen LogP contribution in [0, 0.1) is 0 Å². The largest absolute Gasteiger partial charge is 0.503 e. The van der Waals surface area contributed by atoms with Gasteiger partial charge in [-0.2, -0.15) is 0 Å². The lowest BCUT2D eigenvalue weighted by molar-refractivity contribution is -0.152. The Balaban J connectivity index is 1.56. The summed E-state index contributed by atoms with van der Waals surface area (Å²) in [6.45, 7) is 6.30. The number of aliphatic hydroxyl groups excluding tert-OH is 1. The van der Waals surface area contributed by atoms with Crippen molar-refractivity contribution < 1.29 is 48.0 Å². The number of esters is 1. The molecule has 288 valence electrons. The van der Waals surface area contributed by atoms with Crippen molar-refractivity contribution in [2.45, 2.75) is 58.1 Å². The zero-order chi connectivity index (χ0) is 39.9. The fourth-order valence-corrected chi connectivity index (χ4v) is 6.39. The van der Waals surface area contributed by atoms with Crippen LogP contribution in [-0.2, 0) is 25.5 Å². The molecule has 3 aromatic carbocycles. The van der Waals surface area contributed by atoms with E-state index < -0.39 is 59.1 Å². The number of anilines is 1. The zero-order valence-corrected chi connectivity index (χ0v) is 32.0. The van der Waals surface area contributed by atoms with Crippen molar-refractivity contribution in [3.63, 3.8) is 0 Å². The zero-order valence-electron chi connectivity index (χ0n) is 30.5. The smallest absolute Gasteiger partial charge is 0.339 e. The van der Waals surface area contributed by atoms with Gasteiger partial charge in [0.2, 0.25) is 6.79 Å². The number of carboxylic acid groups (broad SMARTS) is 1. The number of nitrogens with one attached hydrogen (secondary N) is 1. The number of nitrogens with zero attached hydrogens (tertiary/aromatic N) is 1. The van der Waals surface area contributed by atoms with E-state index in [-0.39, 0.29) is 25.5 Å². The van der Waals surface area contributed by atoms with Crippen molar-refractivity contribution in [2.24, 2.45) is 0 Å². The van der Waals surface area contributed by atoms with Gasteiger partial charge in [-0.3, -0.25) is 14.4 Å². The molecule has 0 spiro atoms. The summed E-state index contributed by atoms with van der Waals surface area (Å²) >= 11 is 12.8.